The molecule has 31 heavy (non-hydrogen) atoms. The summed E-state index contributed by atoms with van der Waals surface area (Å²) in [6, 6.07) is 6.13. The highest BCUT2D eigenvalue weighted by molar-refractivity contribution is 7.12. The van der Waals surface area contributed by atoms with E-state index in [1.807, 2.05) is 6.07 Å². The standard InChI is InChI=1S/C20H18F3N5O2S/c1-11-5-16(20(21,22)23)28(25-11)19-24-14(10-31-19)18(30)26-7-12-6-13(9-26)15-3-2-4-17(29)27(15)8-12/h2-5,10,12-13H,6-9H2,1H3/t12-,13-/m1/s1. The van der Waals surface area contributed by atoms with Crippen molar-refractivity contribution in [1.29, 1.82) is 0 Å². The molecular weight excluding hydrogens is 431 g/mol. The number of rotatable bonds is 2. The predicted octanol–water partition coefficient (Wildman–Crippen LogP) is 3.08. The van der Waals surface area contributed by atoms with Crippen molar-refractivity contribution in [2.75, 3.05) is 13.1 Å². The van der Waals surface area contributed by atoms with Crippen molar-refractivity contribution in [2.45, 2.75) is 32.0 Å². The Balaban J connectivity index is 1.41. The number of pyridine rings is 1. The van der Waals surface area contributed by atoms with E-state index in [1.165, 1.54) is 18.4 Å². The first-order valence-corrected chi connectivity index (χ1v) is 10.7. The molecule has 2 atom stereocenters. The van der Waals surface area contributed by atoms with E-state index < -0.39 is 11.9 Å². The van der Waals surface area contributed by atoms with E-state index >= 15 is 0 Å². The Labute approximate surface area is 178 Å². The first-order chi connectivity index (χ1) is 14.7. The van der Waals surface area contributed by atoms with E-state index in [1.54, 1.807) is 15.5 Å². The van der Waals surface area contributed by atoms with Crippen molar-refractivity contribution < 1.29 is 18.0 Å². The number of carbonyl (C=O) groups excluding carboxylic acids is 1. The lowest BCUT2D eigenvalue weighted by molar-refractivity contribution is -0.142. The number of aryl methyl sites for hydroxylation is 1. The maximum Gasteiger partial charge on any atom is 0.433 e. The van der Waals surface area contributed by atoms with E-state index in [-0.39, 0.29) is 39.8 Å². The summed E-state index contributed by atoms with van der Waals surface area (Å²) >= 11 is 0.947. The molecule has 11 heteroatoms. The summed E-state index contributed by atoms with van der Waals surface area (Å²) in [4.78, 5) is 31.1. The molecule has 0 spiro atoms. The van der Waals surface area contributed by atoms with Crippen molar-refractivity contribution in [3.63, 3.8) is 0 Å². The third-order valence-corrected chi connectivity index (χ3v) is 6.60. The Morgan fingerprint density at radius 2 is 2.03 bits per heavy atom. The summed E-state index contributed by atoms with van der Waals surface area (Å²) in [7, 11) is 0. The average Bonchev–Trinajstić information content (AvgIpc) is 3.34. The molecule has 5 rings (SSSR count). The van der Waals surface area contributed by atoms with Crippen LogP contribution in [0.4, 0.5) is 13.2 Å². The molecule has 0 saturated carbocycles. The minimum Gasteiger partial charge on any atom is -0.336 e. The number of alkyl halides is 3. The van der Waals surface area contributed by atoms with Gasteiger partial charge in [-0.05, 0) is 31.4 Å². The number of nitrogens with zero attached hydrogens (tertiary/aromatic N) is 5. The van der Waals surface area contributed by atoms with Crippen LogP contribution in [-0.2, 0) is 12.7 Å². The fourth-order valence-electron chi connectivity index (χ4n) is 4.53. The zero-order valence-corrected chi connectivity index (χ0v) is 17.3. The average molecular weight is 449 g/mol. The Morgan fingerprint density at radius 3 is 2.81 bits per heavy atom. The number of hydrogen-bond acceptors (Lipinski definition) is 5. The van der Waals surface area contributed by atoms with Crippen LogP contribution < -0.4 is 5.56 Å². The molecule has 2 aliphatic heterocycles. The summed E-state index contributed by atoms with van der Waals surface area (Å²) in [5.74, 6) is -0.116. The van der Waals surface area contributed by atoms with E-state index in [0.29, 0.717) is 19.6 Å². The van der Waals surface area contributed by atoms with Gasteiger partial charge in [0, 0.05) is 42.7 Å². The van der Waals surface area contributed by atoms with Gasteiger partial charge in [-0.15, -0.1) is 11.3 Å². The van der Waals surface area contributed by atoms with Crippen LogP contribution in [0.3, 0.4) is 0 Å². The van der Waals surface area contributed by atoms with Crippen molar-refractivity contribution >= 4 is 17.2 Å². The summed E-state index contributed by atoms with van der Waals surface area (Å²) in [6.45, 7) is 2.96. The number of aromatic nitrogens is 4. The van der Waals surface area contributed by atoms with Gasteiger partial charge in [-0.2, -0.15) is 18.3 Å². The second-order valence-corrected chi connectivity index (χ2v) is 8.84. The van der Waals surface area contributed by atoms with Crippen LogP contribution in [0.15, 0.2) is 34.4 Å². The fraction of sp³-hybridized carbons (Fsp3) is 0.400. The Kier molecular flexibility index (Phi) is 4.54. The van der Waals surface area contributed by atoms with Crippen LogP contribution >= 0.6 is 11.3 Å². The Bertz CT molecular complexity index is 1230. The third kappa shape index (κ3) is 3.46. The fourth-order valence-corrected chi connectivity index (χ4v) is 5.29. The maximum absolute atomic E-state index is 13.3. The second-order valence-electron chi connectivity index (χ2n) is 8.00. The highest BCUT2D eigenvalue weighted by atomic mass is 32.1. The summed E-state index contributed by atoms with van der Waals surface area (Å²) in [5, 5.41) is 5.37. The van der Waals surface area contributed by atoms with Crippen molar-refractivity contribution in [3.05, 3.63) is 62.8 Å². The largest absolute Gasteiger partial charge is 0.433 e. The molecule has 0 aliphatic carbocycles. The molecular formula is C20H18F3N5O2S. The molecule has 3 aromatic heterocycles. The first kappa shape index (κ1) is 20.0. The topological polar surface area (TPSA) is 73.0 Å². The van der Waals surface area contributed by atoms with Gasteiger partial charge in [-0.3, -0.25) is 9.59 Å². The third-order valence-electron chi connectivity index (χ3n) is 5.78. The molecule has 162 valence electrons. The Hall–Kier alpha value is -2.95. The number of thiazole rings is 1. The zero-order chi connectivity index (χ0) is 21.9. The van der Waals surface area contributed by atoms with E-state index in [4.69, 9.17) is 0 Å². The van der Waals surface area contributed by atoms with Gasteiger partial charge in [0.25, 0.3) is 11.5 Å². The van der Waals surface area contributed by atoms with Crippen molar-refractivity contribution in [2.24, 2.45) is 5.92 Å². The van der Waals surface area contributed by atoms with Gasteiger partial charge in [-0.1, -0.05) is 6.07 Å². The minimum atomic E-state index is -4.58. The lowest BCUT2D eigenvalue weighted by Crippen LogP contribution is -2.49. The van der Waals surface area contributed by atoms with Crippen molar-refractivity contribution in [3.8, 4) is 5.13 Å². The molecule has 1 amide bonds. The molecule has 1 fully saturated rings. The predicted molar refractivity (Wildman–Crippen MR) is 106 cm³/mol. The van der Waals surface area contributed by atoms with Crippen LogP contribution in [0.1, 0.15) is 39.9 Å². The van der Waals surface area contributed by atoms with Gasteiger partial charge in [0.2, 0.25) is 5.13 Å². The smallest absolute Gasteiger partial charge is 0.336 e. The van der Waals surface area contributed by atoms with Gasteiger partial charge in [0.15, 0.2) is 5.69 Å². The lowest BCUT2D eigenvalue weighted by atomic mass is 9.83. The molecule has 1 saturated heterocycles. The van der Waals surface area contributed by atoms with Crippen molar-refractivity contribution in [1.82, 2.24) is 24.2 Å². The van der Waals surface area contributed by atoms with Crippen LogP contribution in [0, 0.1) is 12.8 Å². The molecule has 3 aromatic rings. The number of fused-ring (bicyclic) bond motifs is 4. The normalized spacial score (nSPS) is 20.6. The molecule has 5 heterocycles. The number of amides is 1. The van der Waals surface area contributed by atoms with Gasteiger partial charge >= 0.3 is 6.18 Å². The van der Waals surface area contributed by atoms with Crippen LogP contribution in [-0.4, -0.2) is 43.2 Å². The van der Waals surface area contributed by atoms with Crippen LogP contribution in [0.2, 0.25) is 0 Å². The maximum atomic E-state index is 13.3. The molecule has 0 unspecified atom stereocenters. The molecule has 0 aromatic carbocycles. The summed E-state index contributed by atoms with van der Waals surface area (Å²) in [6.07, 6.45) is -3.68. The zero-order valence-electron chi connectivity index (χ0n) is 16.5. The molecule has 0 radical (unpaired) electrons. The minimum absolute atomic E-state index is 0.00197. The molecule has 7 nitrogen and oxygen atoms in total. The van der Waals surface area contributed by atoms with E-state index in [0.717, 1.165) is 34.2 Å². The second kappa shape index (κ2) is 7.04. The van der Waals surface area contributed by atoms with E-state index in [2.05, 4.69) is 10.1 Å². The van der Waals surface area contributed by atoms with Gasteiger partial charge in [0.05, 0.1) is 5.69 Å². The molecule has 2 aliphatic rings. The highest BCUT2D eigenvalue weighted by Gasteiger charge is 2.38. The number of hydrogen-bond donors (Lipinski definition) is 0. The number of likely N-dealkylation sites (tertiary alicyclic amines) is 1. The van der Waals surface area contributed by atoms with E-state index in [9.17, 15) is 22.8 Å². The first-order valence-electron chi connectivity index (χ1n) is 9.79. The Morgan fingerprint density at radius 1 is 1.23 bits per heavy atom. The van der Waals surface area contributed by atoms with Gasteiger partial charge < -0.3 is 9.47 Å². The summed E-state index contributed by atoms with van der Waals surface area (Å²) in [5.41, 5.74) is 0.279. The highest BCUT2D eigenvalue weighted by Crippen LogP contribution is 2.36. The number of piperidine rings is 1. The number of carbonyl (C=O) groups is 1. The lowest BCUT2D eigenvalue weighted by Gasteiger charge is -2.42. The van der Waals surface area contributed by atoms with Gasteiger partial charge in [-0.25, -0.2) is 9.67 Å². The number of halogens is 3. The molecule has 0 N–H and O–H groups in total. The SMILES string of the molecule is Cc1cc(C(F)(F)F)n(-c2nc(C(=O)N3C[C@H]4C[C@H](C3)c3cccc(=O)n3C4)cs2)n1. The van der Waals surface area contributed by atoms with Crippen LogP contribution in [0.25, 0.3) is 5.13 Å². The van der Waals surface area contributed by atoms with Crippen LogP contribution in [0.5, 0.6) is 0 Å². The molecule has 2 bridgehead atoms. The summed E-state index contributed by atoms with van der Waals surface area (Å²) < 4.78 is 42.4. The quantitative estimate of drug-likeness (QED) is 0.603. The monoisotopic (exact) mass is 449 g/mol. The van der Waals surface area contributed by atoms with Gasteiger partial charge in [0.1, 0.15) is 5.69 Å².